The first-order valence-electron chi connectivity index (χ1n) is 30.7. The minimum Gasteiger partial charge on any atom is -0.493 e. The first kappa shape index (κ1) is 60.2. The first-order chi connectivity index (χ1) is 43.6. The number of carbonyl (C=O) groups excluding carboxylic acids is 2. The zero-order valence-corrected chi connectivity index (χ0v) is 52.9. The molecule has 3 aliphatic heterocycles. The fourth-order valence-electron chi connectivity index (χ4n) is 13.4. The van der Waals surface area contributed by atoms with Gasteiger partial charge in [0.25, 0.3) is 17.0 Å². The summed E-state index contributed by atoms with van der Waals surface area (Å²) in [5.74, 6) is 2.01. The van der Waals surface area contributed by atoms with Crippen LogP contribution in [0, 0.1) is 13.8 Å². The second-order valence-electron chi connectivity index (χ2n) is 24.1. The molecular weight excluding hydrogens is 1160 g/mol. The van der Waals surface area contributed by atoms with Crippen LogP contribution in [-0.4, -0.2) is 156 Å². The van der Waals surface area contributed by atoms with E-state index in [1.54, 1.807) is 71.3 Å². The highest BCUT2D eigenvalue weighted by Crippen LogP contribution is 2.57. The number of ether oxygens (including phenoxy) is 5. The van der Waals surface area contributed by atoms with E-state index in [9.17, 15) is 24.0 Å². The second-order valence-corrected chi connectivity index (χ2v) is 25.1. The summed E-state index contributed by atoms with van der Waals surface area (Å²) in [6, 6.07) is 25.0. The number of amides is 2. The van der Waals surface area contributed by atoms with Crippen molar-refractivity contribution in [1.82, 2.24) is 43.2 Å². The van der Waals surface area contributed by atoms with Crippen LogP contribution in [0.3, 0.4) is 0 Å². The lowest BCUT2D eigenvalue weighted by Crippen LogP contribution is -2.49. The van der Waals surface area contributed by atoms with Gasteiger partial charge in [0.05, 0.1) is 97.4 Å². The normalized spacial score (nSPS) is 17.1. The Morgan fingerprint density at radius 1 is 0.756 bits per heavy atom. The van der Waals surface area contributed by atoms with Crippen LogP contribution in [0.25, 0.3) is 38.7 Å². The lowest BCUT2D eigenvalue weighted by molar-refractivity contribution is -0.141. The van der Waals surface area contributed by atoms with Crippen LogP contribution in [0.2, 0.25) is 0 Å². The molecule has 22 nitrogen and oxygen atoms in total. The van der Waals surface area contributed by atoms with Crippen molar-refractivity contribution >= 4 is 67.7 Å². The number of rotatable bonds is 20. The number of likely N-dealkylation sites (N-methyl/N-ethyl adjacent to an activating group) is 2. The molecule has 0 N–H and O–H groups in total. The molecule has 2 amide bonds. The maximum atomic E-state index is 15.0. The summed E-state index contributed by atoms with van der Waals surface area (Å²) in [5.41, 5.74) is 10.9. The molecule has 468 valence electrons. The molecule has 23 heteroatoms. The van der Waals surface area contributed by atoms with Crippen LogP contribution < -0.4 is 41.0 Å². The highest BCUT2D eigenvalue weighted by atomic mass is 32.1. The van der Waals surface area contributed by atoms with E-state index in [4.69, 9.17) is 38.8 Å². The van der Waals surface area contributed by atoms with Crippen LogP contribution >= 0.6 is 11.3 Å². The smallest absolute Gasteiger partial charge is 0.350 e. The topological polar surface area (TPSA) is 215 Å². The molecule has 1 saturated carbocycles. The molecule has 5 aromatic heterocycles. The Hall–Kier alpha value is -8.77. The van der Waals surface area contributed by atoms with Crippen molar-refractivity contribution in [1.29, 1.82) is 0 Å². The summed E-state index contributed by atoms with van der Waals surface area (Å²) in [7, 11) is 10.1. The molecule has 90 heavy (non-hydrogen) atoms. The predicted molar refractivity (Wildman–Crippen MR) is 345 cm³/mol. The monoisotopic (exact) mass is 1240 g/mol. The van der Waals surface area contributed by atoms with Crippen molar-refractivity contribution in [3.05, 3.63) is 160 Å². The van der Waals surface area contributed by atoms with Gasteiger partial charge in [-0.3, -0.25) is 28.3 Å². The van der Waals surface area contributed by atoms with Crippen molar-refractivity contribution in [2.24, 2.45) is 0 Å². The number of aryl methyl sites for hydroxylation is 8. The molecule has 13 rings (SSSR count). The number of fused-ring (bicyclic) bond motifs is 5. The molecule has 2 atom stereocenters. The summed E-state index contributed by atoms with van der Waals surface area (Å²) < 4.78 is 35.8. The number of morpholine rings is 2. The van der Waals surface area contributed by atoms with Gasteiger partial charge in [-0.2, -0.15) is 0 Å². The Morgan fingerprint density at radius 2 is 1.44 bits per heavy atom. The highest BCUT2D eigenvalue weighted by Gasteiger charge is 2.58. The average Bonchev–Trinajstić information content (AvgIpc) is 1.54. The number of carbonyl (C=O) groups is 2. The zero-order valence-electron chi connectivity index (χ0n) is 52.1. The Bertz CT molecular complexity index is 4490. The Morgan fingerprint density at radius 3 is 2.10 bits per heavy atom. The third-order valence-electron chi connectivity index (χ3n) is 18.5. The maximum absolute atomic E-state index is 15.0. The number of methoxy groups -OCH3 is 3. The number of aromatic nitrogens is 8. The molecule has 4 aromatic carbocycles. The lowest BCUT2D eigenvalue weighted by atomic mass is 9.93. The number of thiazole rings is 1. The molecule has 1 spiro atoms. The molecule has 0 radical (unpaired) electrons. The summed E-state index contributed by atoms with van der Waals surface area (Å²) >= 11 is 1.58. The molecule has 8 heterocycles. The van der Waals surface area contributed by atoms with Crippen LogP contribution in [0.1, 0.15) is 57.3 Å². The van der Waals surface area contributed by atoms with Crippen LogP contribution in [-0.2, 0) is 81.0 Å². The van der Waals surface area contributed by atoms with E-state index in [-0.39, 0.29) is 48.5 Å². The fraction of sp³-hybridized carbons (Fsp3) is 0.418. The molecule has 2 saturated heterocycles. The van der Waals surface area contributed by atoms with E-state index in [1.165, 1.54) is 9.58 Å². The third-order valence-corrected chi connectivity index (χ3v) is 19.4. The zero-order chi connectivity index (χ0) is 62.7. The largest absolute Gasteiger partial charge is 0.493 e. The van der Waals surface area contributed by atoms with E-state index >= 15 is 0 Å². The number of benzene rings is 4. The van der Waals surface area contributed by atoms with Crippen molar-refractivity contribution in [2.75, 3.05) is 103 Å². The fourth-order valence-corrected chi connectivity index (χ4v) is 14.2. The second kappa shape index (κ2) is 24.5. The third kappa shape index (κ3) is 11.1. The number of anilines is 3. The Balaban J connectivity index is 0.816. The Kier molecular flexibility index (Phi) is 16.4. The van der Waals surface area contributed by atoms with Gasteiger partial charge < -0.3 is 43.3 Å². The van der Waals surface area contributed by atoms with Gasteiger partial charge in [0.2, 0.25) is 5.91 Å². The van der Waals surface area contributed by atoms with Gasteiger partial charge >= 0.3 is 5.69 Å². The van der Waals surface area contributed by atoms with Gasteiger partial charge in [0.1, 0.15) is 11.6 Å². The SMILES string of the molecule is COC[C@H]1CN(c2ccc3c(=O)n(CCc4cc5c(cc4C)C4(CC4)C(=O)N5C)c(CCn4nc5cccc(-c6cc(CCn7c(CCc8scnc8C)nc8cc(N9CCO[C@@H](C(=O)N(C)C)C9)ccc8c7=O)cc(OC)c6OC)n5c4=O)nc3c2)CCO1. The van der Waals surface area contributed by atoms with Gasteiger partial charge in [-0.05, 0) is 135 Å². The average molecular weight is 1240 g/mol. The van der Waals surface area contributed by atoms with E-state index < -0.39 is 17.2 Å². The van der Waals surface area contributed by atoms with Crippen molar-refractivity contribution in [3.8, 4) is 22.8 Å². The maximum Gasteiger partial charge on any atom is 0.350 e. The minimum absolute atomic E-state index is 0.0966. The summed E-state index contributed by atoms with van der Waals surface area (Å²) in [5, 5.41) is 5.82. The minimum atomic E-state index is -0.607. The number of hydrogen-bond donors (Lipinski definition) is 0. The van der Waals surface area contributed by atoms with Gasteiger partial charge in [0, 0.05) is 101 Å². The Labute approximate surface area is 523 Å². The van der Waals surface area contributed by atoms with Crippen LogP contribution in [0.4, 0.5) is 17.1 Å². The number of nitrogens with zero attached hydrogens (tertiary/aromatic N) is 12. The van der Waals surface area contributed by atoms with Crippen LogP contribution in [0.5, 0.6) is 11.5 Å². The molecule has 0 unspecified atom stereocenters. The standard InChI is InChI=1S/C67H74N12O10S/c1-40-30-50-54(73(5)65(83)67(50)21-22-67)33-43(40)19-24-77-59(70-52-34-44(12-14-48(52)63(77)81)74-26-28-88-46(36-74)38-85-6)20-25-78-66(84)79-53(10-9-11-60(79)71-78)49-31-42(32-55(86-7)61(49)87-8)18-23-76-58(17-16-57-41(2)68-39-90-57)69-51-35-45(13-15-47(51)62(76)80)75-27-29-89-56(37-75)64(82)72(3)4/h9-15,30-35,39,46,56H,16-29,36-38H2,1-8H3/t46-,56-/m1/s1. The van der Waals surface area contributed by atoms with Crippen LogP contribution in [0.15, 0.2) is 98.8 Å². The highest BCUT2D eigenvalue weighted by molar-refractivity contribution is 7.09. The summed E-state index contributed by atoms with van der Waals surface area (Å²) in [4.78, 5) is 94.7. The van der Waals surface area contributed by atoms with Crippen molar-refractivity contribution < 1.29 is 33.3 Å². The molecule has 4 aliphatic rings. The van der Waals surface area contributed by atoms with E-state index in [2.05, 4.69) is 33.8 Å². The first-order valence-corrected chi connectivity index (χ1v) is 31.6. The van der Waals surface area contributed by atoms with Crippen molar-refractivity contribution in [3.63, 3.8) is 0 Å². The van der Waals surface area contributed by atoms with Gasteiger partial charge in [-0.15, -0.1) is 16.4 Å². The molecule has 9 aromatic rings. The quantitative estimate of drug-likeness (QED) is 0.0814. The number of hydrogen-bond acceptors (Lipinski definition) is 17. The van der Waals surface area contributed by atoms with Gasteiger partial charge in [0.15, 0.2) is 23.3 Å². The van der Waals surface area contributed by atoms with Gasteiger partial charge in [-0.25, -0.2) is 28.8 Å². The molecule has 3 fully saturated rings. The van der Waals surface area contributed by atoms with E-state index in [1.807, 2.05) is 80.1 Å². The summed E-state index contributed by atoms with van der Waals surface area (Å²) in [6.07, 6.45) is 3.22. The van der Waals surface area contributed by atoms with E-state index in [0.29, 0.717) is 140 Å². The molecule has 0 bridgehead atoms. The van der Waals surface area contributed by atoms with Gasteiger partial charge in [-0.1, -0.05) is 12.1 Å². The van der Waals surface area contributed by atoms with E-state index in [0.717, 1.165) is 62.7 Å². The molecular formula is C67H74N12O10S. The lowest BCUT2D eigenvalue weighted by Gasteiger charge is -2.34. The number of pyridine rings is 1. The predicted octanol–water partition coefficient (Wildman–Crippen LogP) is 6.34. The summed E-state index contributed by atoms with van der Waals surface area (Å²) in [6.45, 7) is 8.37. The molecule has 1 aliphatic carbocycles. The van der Waals surface area contributed by atoms with Crippen molar-refractivity contribution in [2.45, 2.75) is 96.1 Å².